The van der Waals surface area contributed by atoms with Crippen LogP contribution in [0.4, 0.5) is 35.1 Å². The molecule has 2 aromatic heterocycles. The zero-order valence-electron chi connectivity index (χ0n) is 15.8. The standard InChI is InChI=1S/C19H17F4N7/c1-10-8-24-9-15(25-10)16-28-17(26-13-2-3-19(22,23)7-13)30-18(29-16)27-14-5-11(20)4-12(21)6-14/h4-6,8-9,13H,2-3,7H2,1H3,(H2,26,27,28,29,30). The highest BCUT2D eigenvalue weighted by Gasteiger charge is 2.39. The van der Waals surface area contributed by atoms with Gasteiger partial charge in [0.2, 0.25) is 17.8 Å². The van der Waals surface area contributed by atoms with Gasteiger partial charge < -0.3 is 10.6 Å². The number of anilines is 3. The molecule has 1 aliphatic rings. The summed E-state index contributed by atoms with van der Waals surface area (Å²) in [4.78, 5) is 21.0. The third-order valence-electron chi connectivity index (χ3n) is 4.48. The maximum Gasteiger partial charge on any atom is 0.250 e. The highest BCUT2D eigenvalue weighted by molar-refractivity contribution is 5.58. The van der Waals surface area contributed by atoms with Crippen molar-refractivity contribution < 1.29 is 17.6 Å². The normalized spacial score (nSPS) is 17.7. The van der Waals surface area contributed by atoms with E-state index in [0.717, 1.165) is 18.2 Å². The van der Waals surface area contributed by atoms with Gasteiger partial charge in [0, 0.05) is 36.8 Å². The number of hydrogen-bond acceptors (Lipinski definition) is 7. The van der Waals surface area contributed by atoms with Gasteiger partial charge >= 0.3 is 0 Å². The zero-order valence-corrected chi connectivity index (χ0v) is 15.8. The second-order valence-electron chi connectivity index (χ2n) is 7.08. The molecule has 2 heterocycles. The van der Waals surface area contributed by atoms with E-state index in [1.165, 1.54) is 6.20 Å². The summed E-state index contributed by atoms with van der Waals surface area (Å²) < 4.78 is 54.1. The first-order valence-corrected chi connectivity index (χ1v) is 9.18. The molecule has 1 fully saturated rings. The third-order valence-corrected chi connectivity index (χ3v) is 4.48. The van der Waals surface area contributed by atoms with Crippen molar-refractivity contribution in [1.29, 1.82) is 0 Å². The van der Waals surface area contributed by atoms with Crippen LogP contribution in [0.1, 0.15) is 25.0 Å². The summed E-state index contributed by atoms with van der Waals surface area (Å²) in [7, 11) is 0. The van der Waals surface area contributed by atoms with Crippen LogP contribution in [0.25, 0.3) is 11.5 Å². The molecule has 7 nitrogen and oxygen atoms in total. The number of aromatic nitrogens is 5. The summed E-state index contributed by atoms with van der Waals surface area (Å²) in [6.45, 7) is 1.74. The van der Waals surface area contributed by atoms with Gasteiger partial charge in [0.1, 0.15) is 17.3 Å². The molecule has 1 unspecified atom stereocenters. The number of nitrogens with zero attached hydrogens (tertiary/aromatic N) is 5. The van der Waals surface area contributed by atoms with Crippen molar-refractivity contribution in [3.8, 4) is 11.5 Å². The van der Waals surface area contributed by atoms with Crippen LogP contribution in [0.5, 0.6) is 0 Å². The van der Waals surface area contributed by atoms with Crippen LogP contribution in [0, 0.1) is 18.6 Å². The van der Waals surface area contributed by atoms with Gasteiger partial charge in [0.05, 0.1) is 11.9 Å². The van der Waals surface area contributed by atoms with Crippen LogP contribution >= 0.6 is 0 Å². The molecule has 156 valence electrons. The van der Waals surface area contributed by atoms with E-state index in [-0.39, 0.29) is 42.7 Å². The molecule has 1 atom stereocenters. The number of benzene rings is 1. The number of hydrogen-bond donors (Lipinski definition) is 2. The minimum Gasteiger partial charge on any atom is -0.351 e. The first-order valence-electron chi connectivity index (χ1n) is 9.18. The summed E-state index contributed by atoms with van der Waals surface area (Å²) >= 11 is 0. The Kier molecular flexibility index (Phi) is 5.18. The molecule has 0 spiro atoms. The number of nitrogens with one attached hydrogen (secondary N) is 2. The van der Waals surface area contributed by atoms with Gasteiger partial charge in [-0.25, -0.2) is 22.5 Å². The maximum atomic E-state index is 13.5. The molecule has 0 amide bonds. The molecule has 1 aromatic carbocycles. The second kappa shape index (κ2) is 7.81. The molecule has 3 aromatic rings. The molecule has 2 N–H and O–H groups in total. The Morgan fingerprint density at radius 1 is 0.967 bits per heavy atom. The second-order valence-corrected chi connectivity index (χ2v) is 7.08. The first-order chi connectivity index (χ1) is 14.3. The fourth-order valence-electron chi connectivity index (χ4n) is 3.19. The molecule has 0 saturated heterocycles. The lowest BCUT2D eigenvalue weighted by atomic mass is 10.2. The molecule has 0 radical (unpaired) electrons. The average Bonchev–Trinajstić information content (AvgIpc) is 2.99. The lowest BCUT2D eigenvalue weighted by Gasteiger charge is -2.14. The van der Waals surface area contributed by atoms with E-state index in [9.17, 15) is 17.6 Å². The lowest BCUT2D eigenvalue weighted by Crippen LogP contribution is -2.21. The molecule has 1 saturated carbocycles. The Morgan fingerprint density at radius 2 is 1.70 bits per heavy atom. The monoisotopic (exact) mass is 419 g/mol. The molecule has 0 aliphatic heterocycles. The minimum absolute atomic E-state index is 0.0273. The molecule has 0 bridgehead atoms. The van der Waals surface area contributed by atoms with Crippen molar-refractivity contribution >= 4 is 17.6 Å². The summed E-state index contributed by atoms with van der Waals surface area (Å²) in [6, 6.07) is 2.37. The van der Waals surface area contributed by atoms with Gasteiger partial charge in [-0.1, -0.05) is 0 Å². The highest BCUT2D eigenvalue weighted by atomic mass is 19.3. The van der Waals surface area contributed by atoms with Crippen molar-refractivity contribution in [3.05, 3.63) is 47.9 Å². The van der Waals surface area contributed by atoms with E-state index in [1.54, 1.807) is 13.1 Å². The average molecular weight is 419 g/mol. The number of aryl methyl sites for hydroxylation is 1. The molecule has 30 heavy (non-hydrogen) atoms. The Bertz CT molecular complexity index is 1060. The number of alkyl halides is 2. The SMILES string of the molecule is Cc1cncc(-c2nc(Nc3cc(F)cc(F)c3)nc(NC3CCC(F)(F)C3)n2)n1. The molecular weight excluding hydrogens is 402 g/mol. The maximum absolute atomic E-state index is 13.5. The predicted molar refractivity (Wildman–Crippen MR) is 101 cm³/mol. The smallest absolute Gasteiger partial charge is 0.250 e. The fraction of sp³-hybridized carbons (Fsp3) is 0.316. The quantitative estimate of drug-likeness (QED) is 0.598. The predicted octanol–water partition coefficient (Wildman–Crippen LogP) is 4.26. The van der Waals surface area contributed by atoms with E-state index in [2.05, 4.69) is 35.6 Å². The Morgan fingerprint density at radius 3 is 2.37 bits per heavy atom. The zero-order chi connectivity index (χ0) is 21.3. The van der Waals surface area contributed by atoms with E-state index in [0.29, 0.717) is 11.4 Å². The van der Waals surface area contributed by atoms with Crippen molar-refractivity contribution in [3.63, 3.8) is 0 Å². The van der Waals surface area contributed by atoms with E-state index in [1.807, 2.05) is 0 Å². The van der Waals surface area contributed by atoms with Crippen LogP contribution in [-0.2, 0) is 0 Å². The fourth-order valence-corrected chi connectivity index (χ4v) is 3.19. The first kappa shape index (κ1) is 19.9. The topological polar surface area (TPSA) is 88.5 Å². The van der Waals surface area contributed by atoms with Crippen molar-refractivity contribution in [2.24, 2.45) is 0 Å². The van der Waals surface area contributed by atoms with E-state index >= 15 is 0 Å². The highest BCUT2D eigenvalue weighted by Crippen LogP contribution is 2.36. The van der Waals surface area contributed by atoms with Gasteiger partial charge in [-0.15, -0.1) is 0 Å². The van der Waals surface area contributed by atoms with E-state index in [4.69, 9.17) is 0 Å². The van der Waals surface area contributed by atoms with Crippen molar-refractivity contribution in [2.45, 2.75) is 38.2 Å². The molecule has 4 rings (SSSR count). The van der Waals surface area contributed by atoms with Gasteiger partial charge in [0.15, 0.2) is 5.82 Å². The summed E-state index contributed by atoms with van der Waals surface area (Å²) in [5, 5.41) is 5.60. The number of rotatable bonds is 5. The van der Waals surface area contributed by atoms with Gasteiger partial charge in [-0.3, -0.25) is 4.98 Å². The van der Waals surface area contributed by atoms with Crippen LogP contribution < -0.4 is 10.6 Å². The Labute approximate surface area is 169 Å². The van der Waals surface area contributed by atoms with Crippen LogP contribution in [0.15, 0.2) is 30.6 Å². The summed E-state index contributed by atoms with van der Waals surface area (Å²) in [5.41, 5.74) is 1.04. The van der Waals surface area contributed by atoms with Crippen molar-refractivity contribution in [2.75, 3.05) is 10.6 Å². The van der Waals surface area contributed by atoms with E-state index < -0.39 is 23.6 Å². The lowest BCUT2D eigenvalue weighted by molar-refractivity contribution is 0.00851. The van der Waals surface area contributed by atoms with Crippen LogP contribution in [0.3, 0.4) is 0 Å². The number of halogens is 4. The summed E-state index contributed by atoms with van der Waals surface area (Å²) in [5.74, 6) is -4.14. The van der Waals surface area contributed by atoms with Gasteiger partial charge in [-0.2, -0.15) is 15.0 Å². The molecule has 1 aliphatic carbocycles. The van der Waals surface area contributed by atoms with Gasteiger partial charge in [0.25, 0.3) is 0 Å². The van der Waals surface area contributed by atoms with Crippen LogP contribution in [0.2, 0.25) is 0 Å². The largest absolute Gasteiger partial charge is 0.351 e. The van der Waals surface area contributed by atoms with Gasteiger partial charge in [-0.05, 0) is 25.5 Å². The Balaban J connectivity index is 1.68. The van der Waals surface area contributed by atoms with Crippen LogP contribution in [-0.4, -0.2) is 36.9 Å². The third kappa shape index (κ3) is 4.78. The Hall–Kier alpha value is -3.37. The van der Waals surface area contributed by atoms with Crippen molar-refractivity contribution in [1.82, 2.24) is 24.9 Å². The molecule has 11 heteroatoms. The molecular formula is C19H17F4N7. The minimum atomic E-state index is -2.74. The summed E-state index contributed by atoms with van der Waals surface area (Å²) in [6.07, 6.45) is 2.70.